The number of ether oxygens (including phenoxy) is 1. The van der Waals surface area contributed by atoms with E-state index in [0.29, 0.717) is 18.5 Å². The maximum Gasteiger partial charge on any atom is 0.261 e. The summed E-state index contributed by atoms with van der Waals surface area (Å²) in [4.78, 5) is 6.44. The molecule has 0 bridgehead atoms. The minimum Gasteiger partial charge on any atom is -0.485 e. The number of quaternary nitrogens is 1. The summed E-state index contributed by atoms with van der Waals surface area (Å²) >= 11 is 0. The SMILES string of the molecule is CC1CN(C2Cc3cc(F)c(OCC[N+]4(C)C=NC(S(N)(=O)=O)=C4)cc3C2Cc2ccccc2)C1. The van der Waals surface area contributed by atoms with E-state index in [1.165, 1.54) is 18.1 Å². The van der Waals surface area contributed by atoms with Gasteiger partial charge in [-0.05, 0) is 47.6 Å². The van der Waals surface area contributed by atoms with Gasteiger partial charge in [-0.3, -0.25) is 9.38 Å². The van der Waals surface area contributed by atoms with Crippen LogP contribution in [0.4, 0.5) is 4.39 Å². The zero-order valence-corrected chi connectivity index (χ0v) is 20.9. The molecule has 0 saturated carbocycles. The van der Waals surface area contributed by atoms with Crippen LogP contribution in [0.3, 0.4) is 0 Å². The number of fused-ring (bicyclic) bond motifs is 1. The topological polar surface area (TPSA) is 85.0 Å². The molecule has 2 aliphatic heterocycles. The smallest absolute Gasteiger partial charge is 0.261 e. The van der Waals surface area contributed by atoms with Gasteiger partial charge in [-0.2, -0.15) is 4.99 Å². The van der Waals surface area contributed by atoms with Gasteiger partial charge in [0.1, 0.15) is 19.4 Å². The Kier molecular flexibility index (Phi) is 6.29. The molecule has 1 saturated heterocycles. The third-order valence-corrected chi connectivity index (χ3v) is 8.12. The van der Waals surface area contributed by atoms with E-state index in [-0.39, 0.29) is 33.6 Å². The minimum atomic E-state index is -3.87. The Balaban J connectivity index is 1.34. The second-order valence-electron chi connectivity index (χ2n) is 10.3. The lowest BCUT2D eigenvalue weighted by Gasteiger charge is -2.44. The lowest BCUT2D eigenvalue weighted by Crippen LogP contribution is -2.52. The van der Waals surface area contributed by atoms with Crippen molar-refractivity contribution in [3.05, 3.63) is 76.2 Å². The molecule has 35 heavy (non-hydrogen) atoms. The van der Waals surface area contributed by atoms with Crippen molar-refractivity contribution < 1.29 is 22.0 Å². The highest BCUT2D eigenvalue weighted by Crippen LogP contribution is 2.43. The third kappa shape index (κ3) is 5.04. The number of sulfonamides is 1. The van der Waals surface area contributed by atoms with Crippen LogP contribution in [-0.4, -0.2) is 63.5 Å². The van der Waals surface area contributed by atoms with E-state index in [0.717, 1.165) is 37.1 Å². The molecule has 2 aromatic carbocycles. The van der Waals surface area contributed by atoms with Crippen molar-refractivity contribution in [2.24, 2.45) is 16.0 Å². The van der Waals surface area contributed by atoms with Gasteiger partial charge in [0.25, 0.3) is 10.0 Å². The van der Waals surface area contributed by atoms with Crippen LogP contribution in [0.15, 0.2) is 58.7 Å². The molecule has 0 radical (unpaired) electrons. The fourth-order valence-electron chi connectivity index (χ4n) is 5.46. The average Bonchev–Trinajstić information content (AvgIpc) is 3.33. The van der Waals surface area contributed by atoms with Crippen LogP contribution < -0.4 is 9.88 Å². The van der Waals surface area contributed by atoms with E-state index >= 15 is 4.39 Å². The lowest BCUT2D eigenvalue weighted by atomic mass is 9.87. The van der Waals surface area contributed by atoms with E-state index in [9.17, 15) is 8.42 Å². The highest BCUT2D eigenvalue weighted by molar-refractivity contribution is 7.93. The van der Waals surface area contributed by atoms with Gasteiger partial charge in [-0.1, -0.05) is 37.3 Å². The predicted octanol–water partition coefficient (Wildman–Crippen LogP) is 2.98. The number of nitrogens with two attached hydrogens (primary N) is 1. The summed E-state index contributed by atoms with van der Waals surface area (Å²) in [7, 11) is -2.08. The van der Waals surface area contributed by atoms with Gasteiger partial charge in [0.05, 0.1) is 7.05 Å². The molecule has 1 fully saturated rings. The zero-order chi connectivity index (χ0) is 24.8. The van der Waals surface area contributed by atoms with Crippen molar-refractivity contribution in [2.75, 3.05) is 33.3 Å². The summed E-state index contributed by atoms with van der Waals surface area (Å²) in [5.41, 5.74) is 3.50. The summed E-state index contributed by atoms with van der Waals surface area (Å²) in [6.45, 7) is 5.03. The van der Waals surface area contributed by atoms with Crippen LogP contribution in [-0.2, 0) is 22.9 Å². The fourth-order valence-corrected chi connectivity index (χ4v) is 6.04. The number of likely N-dealkylation sites (N-methyl/N-ethyl adjacent to an activating group) is 1. The van der Waals surface area contributed by atoms with Crippen molar-refractivity contribution in [2.45, 2.75) is 31.7 Å². The van der Waals surface area contributed by atoms with Gasteiger partial charge in [0, 0.05) is 25.0 Å². The molecular formula is C26H32FN4O3S+. The molecule has 0 aromatic heterocycles. The van der Waals surface area contributed by atoms with E-state index in [2.05, 4.69) is 41.1 Å². The summed E-state index contributed by atoms with van der Waals surface area (Å²) in [5.74, 6) is 0.851. The Morgan fingerprint density at radius 1 is 1.23 bits per heavy atom. The van der Waals surface area contributed by atoms with Gasteiger partial charge in [0.2, 0.25) is 5.03 Å². The predicted molar refractivity (Wildman–Crippen MR) is 134 cm³/mol. The normalized spacial score (nSPS) is 26.5. The zero-order valence-electron chi connectivity index (χ0n) is 20.1. The molecule has 0 amide bonds. The number of rotatable bonds is 8. The Bertz CT molecular complexity index is 1280. The van der Waals surface area contributed by atoms with Crippen molar-refractivity contribution in [3.8, 4) is 5.75 Å². The first-order chi connectivity index (χ1) is 16.6. The van der Waals surface area contributed by atoms with Crippen LogP contribution in [0.2, 0.25) is 0 Å². The third-order valence-electron chi connectivity index (χ3n) is 7.32. The first-order valence-corrected chi connectivity index (χ1v) is 13.5. The van der Waals surface area contributed by atoms with Crippen LogP contribution in [0.25, 0.3) is 0 Å². The monoisotopic (exact) mass is 499 g/mol. The van der Waals surface area contributed by atoms with Crippen molar-refractivity contribution in [3.63, 3.8) is 0 Å². The molecule has 5 rings (SSSR count). The first kappa shape index (κ1) is 24.1. The van der Waals surface area contributed by atoms with Gasteiger partial charge < -0.3 is 4.74 Å². The van der Waals surface area contributed by atoms with Crippen molar-refractivity contribution in [1.82, 2.24) is 4.90 Å². The Morgan fingerprint density at radius 2 is 1.97 bits per heavy atom. The van der Waals surface area contributed by atoms with Gasteiger partial charge in [0.15, 0.2) is 17.9 Å². The number of likely N-dealkylation sites (tertiary alicyclic amines) is 1. The Morgan fingerprint density at radius 3 is 2.63 bits per heavy atom. The summed E-state index contributed by atoms with van der Waals surface area (Å²) in [5, 5.41) is 5.00. The summed E-state index contributed by atoms with van der Waals surface area (Å²) < 4.78 is 44.1. The fraction of sp³-hybridized carbons (Fsp3) is 0.423. The quantitative estimate of drug-likeness (QED) is 0.566. The minimum absolute atomic E-state index is 0.115. The van der Waals surface area contributed by atoms with E-state index < -0.39 is 10.0 Å². The number of halogens is 1. The molecule has 9 heteroatoms. The van der Waals surface area contributed by atoms with Crippen LogP contribution in [0.5, 0.6) is 5.75 Å². The number of nitrogens with zero attached hydrogens (tertiary/aromatic N) is 3. The number of primary sulfonamides is 1. The Hall–Kier alpha value is -2.59. The maximum atomic E-state index is 15.0. The van der Waals surface area contributed by atoms with Crippen LogP contribution >= 0.6 is 0 Å². The molecule has 3 unspecified atom stereocenters. The summed E-state index contributed by atoms with van der Waals surface area (Å²) in [6.07, 6.45) is 4.72. The number of benzene rings is 2. The average molecular weight is 500 g/mol. The number of aliphatic imine (C=N–C) groups is 1. The second-order valence-corrected chi connectivity index (χ2v) is 11.8. The molecule has 2 aromatic rings. The second kappa shape index (κ2) is 9.13. The van der Waals surface area contributed by atoms with Gasteiger partial charge in [-0.15, -0.1) is 0 Å². The molecule has 3 atom stereocenters. The molecule has 2 heterocycles. The first-order valence-electron chi connectivity index (χ1n) is 12.0. The highest BCUT2D eigenvalue weighted by atomic mass is 32.2. The number of hydrogen-bond donors (Lipinski definition) is 1. The molecular weight excluding hydrogens is 467 g/mol. The van der Waals surface area contributed by atoms with Crippen LogP contribution in [0, 0.1) is 11.7 Å². The summed E-state index contributed by atoms with van der Waals surface area (Å²) in [6, 6.07) is 14.3. The molecule has 0 spiro atoms. The molecule has 1 aliphatic carbocycles. The van der Waals surface area contributed by atoms with Crippen molar-refractivity contribution >= 4 is 16.4 Å². The molecule has 2 N–H and O–H groups in total. The lowest BCUT2D eigenvalue weighted by molar-refractivity contribution is -0.756. The Labute approximate surface area is 206 Å². The van der Waals surface area contributed by atoms with Crippen LogP contribution in [0.1, 0.15) is 29.5 Å². The molecule has 186 valence electrons. The number of hydrogen-bond acceptors (Lipinski definition) is 5. The van der Waals surface area contributed by atoms with Gasteiger partial charge >= 0.3 is 0 Å². The van der Waals surface area contributed by atoms with Gasteiger partial charge in [-0.25, -0.2) is 17.9 Å². The maximum absolute atomic E-state index is 15.0. The highest BCUT2D eigenvalue weighted by Gasteiger charge is 2.41. The van der Waals surface area contributed by atoms with E-state index in [4.69, 9.17) is 9.88 Å². The largest absolute Gasteiger partial charge is 0.485 e. The van der Waals surface area contributed by atoms with E-state index in [1.54, 1.807) is 13.1 Å². The molecule has 7 nitrogen and oxygen atoms in total. The van der Waals surface area contributed by atoms with E-state index in [1.807, 2.05) is 12.1 Å². The van der Waals surface area contributed by atoms with Crippen molar-refractivity contribution in [1.29, 1.82) is 0 Å². The standard InChI is InChI=1S/C26H32FN4O3S/c1-18-14-30(15-18)24-12-20-11-23(27)25(13-21(20)22(24)10-19-6-4-3-5-7-19)34-9-8-31(2)16-26(29-17-31)35(28,32)33/h3-7,11,13,16-18,22,24H,8-10,12,14-15H2,1-2H3,(H2,28,32,33)/q+1. The molecule has 3 aliphatic rings.